The average molecular weight is 258 g/mol. The Balaban J connectivity index is 1.99. The Morgan fingerprint density at radius 3 is 2.05 bits per heavy atom. The van der Waals surface area contributed by atoms with Gasteiger partial charge in [-0.1, -0.05) is 24.1 Å². The first-order valence-corrected chi connectivity index (χ1v) is 7.69. The molecule has 0 heterocycles. The van der Waals surface area contributed by atoms with Crippen molar-refractivity contribution in [2.75, 3.05) is 0 Å². The molecule has 3 rings (SSSR count). The van der Waals surface area contributed by atoms with E-state index in [4.69, 9.17) is 0 Å². The molecule has 0 aliphatic heterocycles. The Labute approximate surface area is 116 Å². The van der Waals surface area contributed by atoms with Crippen molar-refractivity contribution in [3.8, 4) is 0 Å². The van der Waals surface area contributed by atoms with Crippen LogP contribution in [-0.2, 0) is 4.79 Å². The fraction of sp³-hybridized carbons (Fsp3) is 0.588. The standard InChI is InChI=1S/C17H24NO/c1-14-7-9-16(10-8-14)18(13-19,17-11-12-17)15-5-3-2-4-6-15/h7-10,13,15,17H,2-6,11-12H2,1H3/q+1. The molecule has 102 valence electrons. The van der Waals surface area contributed by atoms with E-state index >= 15 is 0 Å². The topological polar surface area (TPSA) is 17.1 Å². The minimum absolute atomic E-state index is 0.515. The summed E-state index contributed by atoms with van der Waals surface area (Å²) in [6, 6.07) is 9.71. The summed E-state index contributed by atoms with van der Waals surface area (Å²) in [7, 11) is 0. The van der Waals surface area contributed by atoms with Gasteiger partial charge in [0.1, 0.15) is 17.8 Å². The number of rotatable bonds is 4. The van der Waals surface area contributed by atoms with Gasteiger partial charge in [0, 0.05) is 25.7 Å². The molecular weight excluding hydrogens is 234 g/mol. The molecule has 19 heavy (non-hydrogen) atoms. The second-order valence-corrected chi connectivity index (χ2v) is 6.30. The highest BCUT2D eigenvalue weighted by molar-refractivity contribution is 5.72. The van der Waals surface area contributed by atoms with Crippen LogP contribution in [0.25, 0.3) is 0 Å². The number of nitrogens with zero attached hydrogens (tertiary/aromatic N) is 1. The maximum atomic E-state index is 12.1. The van der Waals surface area contributed by atoms with Crippen LogP contribution in [0.15, 0.2) is 24.3 Å². The second kappa shape index (κ2) is 5.09. The number of carbonyl (C=O) groups is 1. The molecule has 1 amide bonds. The van der Waals surface area contributed by atoms with Crippen molar-refractivity contribution in [1.29, 1.82) is 0 Å². The summed E-state index contributed by atoms with van der Waals surface area (Å²) in [5.74, 6) is 0. The number of quaternary nitrogens is 1. The Bertz CT molecular complexity index is 443. The van der Waals surface area contributed by atoms with Gasteiger partial charge in [0.2, 0.25) is 0 Å². The van der Waals surface area contributed by atoms with Crippen molar-refractivity contribution in [3.63, 3.8) is 0 Å². The summed E-state index contributed by atoms with van der Waals surface area (Å²) in [6.45, 7) is 2.11. The van der Waals surface area contributed by atoms with Crippen molar-refractivity contribution < 1.29 is 4.79 Å². The Morgan fingerprint density at radius 1 is 0.947 bits per heavy atom. The maximum absolute atomic E-state index is 12.1. The molecule has 2 heteroatoms. The molecule has 2 aliphatic carbocycles. The molecule has 0 saturated heterocycles. The van der Waals surface area contributed by atoms with Crippen LogP contribution in [0.1, 0.15) is 50.5 Å². The van der Waals surface area contributed by atoms with Crippen molar-refractivity contribution in [1.82, 2.24) is 4.48 Å². The smallest absolute Gasteiger partial charge is 0.233 e. The zero-order valence-corrected chi connectivity index (χ0v) is 11.8. The molecule has 0 spiro atoms. The second-order valence-electron chi connectivity index (χ2n) is 6.30. The third kappa shape index (κ3) is 2.23. The molecule has 1 unspecified atom stereocenters. The highest BCUT2D eigenvalue weighted by Gasteiger charge is 2.51. The van der Waals surface area contributed by atoms with Gasteiger partial charge in [-0.2, -0.15) is 0 Å². The molecular formula is C17H24NO+. The van der Waals surface area contributed by atoms with E-state index in [2.05, 4.69) is 31.2 Å². The third-order valence-corrected chi connectivity index (χ3v) is 4.99. The zero-order chi connectivity index (χ0) is 13.3. The van der Waals surface area contributed by atoms with E-state index < -0.39 is 0 Å². The SMILES string of the molecule is Cc1ccc([N+](C=O)(C2CCCCC2)C2CC2)cc1. The monoisotopic (exact) mass is 258 g/mol. The van der Waals surface area contributed by atoms with Crippen LogP contribution in [0, 0.1) is 6.92 Å². The molecule has 2 fully saturated rings. The maximum Gasteiger partial charge on any atom is 0.307 e. The number of hydrogen-bond donors (Lipinski definition) is 0. The van der Waals surface area contributed by atoms with E-state index in [-0.39, 0.29) is 0 Å². The Morgan fingerprint density at radius 2 is 1.53 bits per heavy atom. The first-order valence-electron chi connectivity index (χ1n) is 7.69. The summed E-state index contributed by atoms with van der Waals surface area (Å²) in [5.41, 5.74) is 2.49. The molecule has 0 radical (unpaired) electrons. The van der Waals surface area contributed by atoms with Crippen molar-refractivity contribution in [2.24, 2.45) is 0 Å². The van der Waals surface area contributed by atoms with E-state index in [0.717, 1.165) is 0 Å². The summed E-state index contributed by atoms with van der Waals surface area (Å²) in [6.07, 6.45) is 10.0. The van der Waals surface area contributed by atoms with Crippen molar-refractivity contribution in [3.05, 3.63) is 29.8 Å². The van der Waals surface area contributed by atoms with E-state index in [0.29, 0.717) is 16.6 Å². The Hall–Kier alpha value is -1.15. The summed E-state index contributed by atoms with van der Waals surface area (Å²) in [4.78, 5) is 12.1. The normalized spacial score (nSPS) is 23.8. The highest BCUT2D eigenvalue weighted by Crippen LogP contribution is 2.43. The van der Waals surface area contributed by atoms with E-state index in [1.807, 2.05) is 0 Å². The van der Waals surface area contributed by atoms with Crippen LogP contribution in [0.5, 0.6) is 0 Å². The average Bonchev–Trinajstić information content (AvgIpc) is 3.28. The van der Waals surface area contributed by atoms with Crippen LogP contribution in [0.4, 0.5) is 5.69 Å². The van der Waals surface area contributed by atoms with Crippen LogP contribution in [-0.4, -0.2) is 18.5 Å². The van der Waals surface area contributed by atoms with Crippen LogP contribution >= 0.6 is 0 Å². The van der Waals surface area contributed by atoms with Gasteiger partial charge in [-0.25, -0.2) is 9.28 Å². The first-order chi connectivity index (χ1) is 9.27. The van der Waals surface area contributed by atoms with Crippen LogP contribution < -0.4 is 4.48 Å². The van der Waals surface area contributed by atoms with Gasteiger partial charge in [0.05, 0.1) is 0 Å². The van der Waals surface area contributed by atoms with Gasteiger partial charge in [-0.05, 0) is 31.9 Å². The highest BCUT2D eigenvalue weighted by atomic mass is 16.1. The predicted molar refractivity (Wildman–Crippen MR) is 78.9 cm³/mol. The minimum Gasteiger partial charge on any atom is -0.233 e. The van der Waals surface area contributed by atoms with Crippen molar-refractivity contribution >= 4 is 12.1 Å². The molecule has 2 aliphatic rings. The number of benzene rings is 1. The third-order valence-electron chi connectivity index (χ3n) is 4.99. The quantitative estimate of drug-likeness (QED) is 0.590. The van der Waals surface area contributed by atoms with Crippen LogP contribution in [0.2, 0.25) is 0 Å². The molecule has 0 aromatic heterocycles. The molecule has 1 aromatic carbocycles. The molecule has 2 nitrogen and oxygen atoms in total. The summed E-state index contributed by atoms with van der Waals surface area (Å²) in [5, 5.41) is 0. The molecule has 0 bridgehead atoms. The molecule has 1 atom stereocenters. The van der Waals surface area contributed by atoms with Gasteiger partial charge in [-0.3, -0.25) is 0 Å². The van der Waals surface area contributed by atoms with Gasteiger partial charge >= 0.3 is 6.41 Å². The lowest BCUT2D eigenvalue weighted by Gasteiger charge is -2.41. The molecule has 1 aromatic rings. The largest absolute Gasteiger partial charge is 0.307 e. The lowest BCUT2D eigenvalue weighted by atomic mass is 9.91. The van der Waals surface area contributed by atoms with Crippen molar-refractivity contribution in [2.45, 2.75) is 64.0 Å². The van der Waals surface area contributed by atoms with E-state index in [1.54, 1.807) is 0 Å². The van der Waals surface area contributed by atoms with E-state index in [9.17, 15) is 4.79 Å². The van der Waals surface area contributed by atoms with E-state index in [1.165, 1.54) is 62.6 Å². The lowest BCUT2D eigenvalue weighted by molar-refractivity contribution is -0.120. The van der Waals surface area contributed by atoms with Crippen LogP contribution in [0.3, 0.4) is 0 Å². The first kappa shape index (κ1) is 12.9. The number of carbonyl (C=O) groups excluding carboxylic acids is 1. The number of aryl methyl sites for hydroxylation is 1. The van der Waals surface area contributed by atoms with Gasteiger partial charge < -0.3 is 0 Å². The fourth-order valence-electron chi connectivity index (χ4n) is 3.77. The van der Waals surface area contributed by atoms with Gasteiger partial charge in [-0.15, -0.1) is 0 Å². The van der Waals surface area contributed by atoms with Gasteiger partial charge in [0.25, 0.3) is 0 Å². The lowest BCUT2D eigenvalue weighted by Crippen LogP contribution is -2.58. The minimum atomic E-state index is 0.515. The fourth-order valence-corrected chi connectivity index (χ4v) is 3.77. The Kier molecular flexibility index (Phi) is 3.44. The number of hydrogen-bond acceptors (Lipinski definition) is 1. The number of amides is 1. The zero-order valence-electron chi connectivity index (χ0n) is 11.8. The van der Waals surface area contributed by atoms with Gasteiger partial charge in [0.15, 0.2) is 0 Å². The molecule has 0 N–H and O–H groups in total. The predicted octanol–water partition coefficient (Wildman–Crippen LogP) is 3.95. The molecule has 2 saturated carbocycles. The summed E-state index contributed by atoms with van der Waals surface area (Å²) < 4.78 is 0.611. The summed E-state index contributed by atoms with van der Waals surface area (Å²) >= 11 is 0.